The normalized spacial score (nSPS) is 21.0. The molecule has 2 aliphatic heterocycles. The molecule has 116 valence electrons. The fourth-order valence-electron chi connectivity index (χ4n) is 2.93. The van der Waals surface area contributed by atoms with E-state index in [1.807, 2.05) is 12.4 Å². The Kier molecular flexibility index (Phi) is 4.23. The molecule has 0 radical (unpaired) electrons. The summed E-state index contributed by atoms with van der Waals surface area (Å²) in [6, 6.07) is 0. The number of hydrogen-bond acceptors (Lipinski definition) is 4. The van der Waals surface area contributed by atoms with Crippen molar-refractivity contribution in [3.05, 3.63) is 18.2 Å². The lowest BCUT2D eigenvalue weighted by Crippen LogP contribution is -2.34. The minimum atomic E-state index is -0.361. The van der Waals surface area contributed by atoms with Gasteiger partial charge in [0.2, 0.25) is 5.91 Å². The molecule has 0 fully saturated rings. The van der Waals surface area contributed by atoms with Crippen molar-refractivity contribution in [2.24, 2.45) is 16.1 Å². The number of amides is 1. The van der Waals surface area contributed by atoms with Crippen LogP contribution in [0.5, 0.6) is 0 Å². The fourth-order valence-corrected chi connectivity index (χ4v) is 2.93. The summed E-state index contributed by atoms with van der Waals surface area (Å²) in [5, 5.41) is 11.1. The number of rotatable bonds is 7. The zero-order valence-corrected chi connectivity index (χ0v) is 12.7. The van der Waals surface area contributed by atoms with Gasteiger partial charge < -0.3 is 9.88 Å². The molecule has 1 amide bonds. The van der Waals surface area contributed by atoms with Crippen molar-refractivity contribution in [1.29, 1.82) is 0 Å². The standard InChI is InChI=1S/C16H21N5O/c1-2-3-7-16(19-20-16)8-6-15(22)18-11-13-4-5-14-17-9-10-21(14)12-13/h1,9-10,13H,3-8,11-12H2,(H,18,22). The highest BCUT2D eigenvalue weighted by Gasteiger charge is 2.39. The zero-order chi connectivity index (χ0) is 15.4. The van der Waals surface area contributed by atoms with Crippen LogP contribution in [0.25, 0.3) is 0 Å². The largest absolute Gasteiger partial charge is 0.356 e. The summed E-state index contributed by atoms with van der Waals surface area (Å²) in [5.41, 5.74) is -0.361. The Hall–Kier alpha value is -2.16. The van der Waals surface area contributed by atoms with Gasteiger partial charge in [0.05, 0.1) is 0 Å². The first kappa shape index (κ1) is 14.8. The highest BCUT2D eigenvalue weighted by molar-refractivity contribution is 5.76. The molecule has 22 heavy (non-hydrogen) atoms. The molecule has 0 saturated carbocycles. The topological polar surface area (TPSA) is 71.6 Å². The summed E-state index contributed by atoms with van der Waals surface area (Å²) in [6.45, 7) is 1.66. The predicted octanol–water partition coefficient (Wildman–Crippen LogP) is 1.92. The second-order valence-electron chi connectivity index (χ2n) is 6.09. The third kappa shape index (κ3) is 3.53. The van der Waals surface area contributed by atoms with Gasteiger partial charge in [-0.3, -0.25) is 4.79 Å². The molecule has 2 aliphatic rings. The van der Waals surface area contributed by atoms with Crippen molar-refractivity contribution in [1.82, 2.24) is 14.9 Å². The number of fused-ring (bicyclic) bond motifs is 1. The van der Waals surface area contributed by atoms with E-state index in [2.05, 4.69) is 31.0 Å². The molecule has 1 N–H and O–H groups in total. The number of aromatic nitrogens is 2. The van der Waals surface area contributed by atoms with Crippen molar-refractivity contribution in [3.8, 4) is 12.3 Å². The molecule has 3 heterocycles. The van der Waals surface area contributed by atoms with Crippen LogP contribution in [-0.4, -0.2) is 27.7 Å². The van der Waals surface area contributed by atoms with Gasteiger partial charge in [-0.05, 0) is 12.3 Å². The molecular formula is C16H21N5O. The molecule has 1 aromatic heterocycles. The summed E-state index contributed by atoms with van der Waals surface area (Å²) >= 11 is 0. The third-order valence-corrected chi connectivity index (χ3v) is 4.43. The number of nitrogens with one attached hydrogen (secondary N) is 1. The maximum Gasteiger partial charge on any atom is 0.220 e. The molecule has 0 aliphatic carbocycles. The van der Waals surface area contributed by atoms with Gasteiger partial charge in [0, 0.05) is 57.6 Å². The van der Waals surface area contributed by atoms with Crippen molar-refractivity contribution < 1.29 is 4.79 Å². The monoisotopic (exact) mass is 299 g/mol. The van der Waals surface area contributed by atoms with E-state index in [9.17, 15) is 4.79 Å². The van der Waals surface area contributed by atoms with Crippen molar-refractivity contribution in [2.45, 2.75) is 50.7 Å². The van der Waals surface area contributed by atoms with Crippen molar-refractivity contribution in [3.63, 3.8) is 0 Å². The van der Waals surface area contributed by atoms with Crippen LogP contribution in [0.4, 0.5) is 0 Å². The van der Waals surface area contributed by atoms with Gasteiger partial charge in [-0.1, -0.05) is 0 Å². The Morgan fingerprint density at radius 2 is 2.36 bits per heavy atom. The lowest BCUT2D eigenvalue weighted by molar-refractivity contribution is -0.121. The summed E-state index contributed by atoms with van der Waals surface area (Å²) in [5.74, 6) is 4.31. The number of terminal acetylenes is 1. The van der Waals surface area contributed by atoms with Crippen LogP contribution in [0.3, 0.4) is 0 Å². The van der Waals surface area contributed by atoms with Crippen LogP contribution >= 0.6 is 0 Å². The van der Waals surface area contributed by atoms with E-state index >= 15 is 0 Å². The van der Waals surface area contributed by atoms with Gasteiger partial charge >= 0.3 is 0 Å². The van der Waals surface area contributed by atoms with Gasteiger partial charge in [0.25, 0.3) is 0 Å². The third-order valence-electron chi connectivity index (χ3n) is 4.43. The number of carbonyl (C=O) groups excluding carboxylic acids is 1. The summed E-state index contributed by atoms with van der Waals surface area (Å²) in [6.07, 6.45) is 13.7. The van der Waals surface area contributed by atoms with E-state index < -0.39 is 0 Å². The number of imidazole rings is 1. The fraction of sp³-hybridized carbons (Fsp3) is 0.625. The Morgan fingerprint density at radius 1 is 1.50 bits per heavy atom. The van der Waals surface area contributed by atoms with E-state index in [1.165, 1.54) is 0 Å². The lowest BCUT2D eigenvalue weighted by atomic mass is 9.99. The number of hydrogen-bond donors (Lipinski definition) is 1. The maximum absolute atomic E-state index is 12.0. The van der Waals surface area contributed by atoms with Crippen LogP contribution < -0.4 is 5.32 Å². The quantitative estimate of drug-likeness (QED) is 0.781. The minimum absolute atomic E-state index is 0.0776. The highest BCUT2D eigenvalue weighted by Crippen LogP contribution is 2.37. The Morgan fingerprint density at radius 3 is 3.14 bits per heavy atom. The molecule has 0 aromatic carbocycles. The van der Waals surface area contributed by atoms with E-state index in [0.717, 1.165) is 38.2 Å². The molecular weight excluding hydrogens is 278 g/mol. The molecule has 1 aromatic rings. The Bertz CT molecular complexity index is 606. The van der Waals surface area contributed by atoms with E-state index in [-0.39, 0.29) is 11.6 Å². The number of nitrogens with zero attached hydrogens (tertiary/aromatic N) is 4. The smallest absolute Gasteiger partial charge is 0.220 e. The first-order valence-electron chi connectivity index (χ1n) is 7.85. The summed E-state index contributed by atoms with van der Waals surface area (Å²) in [4.78, 5) is 16.3. The number of carbonyl (C=O) groups is 1. The highest BCUT2D eigenvalue weighted by atomic mass is 16.1. The van der Waals surface area contributed by atoms with Crippen LogP contribution in [-0.2, 0) is 17.8 Å². The van der Waals surface area contributed by atoms with Crippen LogP contribution in [0.1, 0.15) is 37.9 Å². The minimum Gasteiger partial charge on any atom is -0.356 e. The Balaban J connectivity index is 1.36. The van der Waals surface area contributed by atoms with E-state index in [4.69, 9.17) is 6.42 Å². The van der Waals surface area contributed by atoms with Gasteiger partial charge in [-0.15, -0.1) is 12.3 Å². The van der Waals surface area contributed by atoms with E-state index in [1.54, 1.807) is 0 Å². The van der Waals surface area contributed by atoms with Gasteiger partial charge in [0.15, 0.2) is 5.66 Å². The van der Waals surface area contributed by atoms with Crippen molar-refractivity contribution in [2.75, 3.05) is 6.54 Å². The lowest BCUT2D eigenvalue weighted by Gasteiger charge is -2.24. The molecule has 3 rings (SSSR count). The second kappa shape index (κ2) is 6.30. The zero-order valence-electron chi connectivity index (χ0n) is 12.7. The molecule has 0 bridgehead atoms. The molecule has 1 atom stereocenters. The molecule has 6 heteroatoms. The first-order chi connectivity index (χ1) is 10.7. The van der Waals surface area contributed by atoms with Crippen LogP contribution in [0.15, 0.2) is 22.6 Å². The Labute approximate surface area is 130 Å². The van der Waals surface area contributed by atoms with Gasteiger partial charge in [-0.25, -0.2) is 4.98 Å². The SMILES string of the molecule is C#CCCC1(CCC(=O)NCC2CCc3nccn3C2)N=N1. The average Bonchev–Trinajstić information content (AvgIpc) is 3.16. The van der Waals surface area contributed by atoms with E-state index in [0.29, 0.717) is 25.2 Å². The van der Waals surface area contributed by atoms with Crippen LogP contribution in [0, 0.1) is 18.3 Å². The molecule has 1 unspecified atom stereocenters. The first-order valence-corrected chi connectivity index (χ1v) is 7.85. The molecule has 6 nitrogen and oxygen atoms in total. The molecule has 0 spiro atoms. The van der Waals surface area contributed by atoms with Crippen LogP contribution in [0.2, 0.25) is 0 Å². The predicted molar refractivity (Wildman–Crippen MR) is 81.9 cm³/mol. The molecule has 0 saturated heterocycles. The summed E-state index contributed by atoms with van der Waals surface area (Å²) < 4.78 is 2.18. The van der Waals surface area contributed by atoms with Gasteiger partial charge in [-0.2, -0.15) is 10.2 Å². The second-order valence-corrected chi connectivity index (χ2v) is 6.09. The van der Waals surface area contributed by atoms with Crippen molar-refractivity contribution >= 4 is 5.91 Å². The number of aryl methyl sites for hydroxylation is 1. The maximum atomic E-state index is 12.0. The van der Waals surface area contributed by atoms with Gasteiger partial charge in [0.1, 0.15) is 5.82 Å². The average molecular weight is 299 g/mol. The summed E-state index contributed by atoms with van der Waals surface area (Å²) in [7, 11) is 0.